The molecule has 0 radical (unpaired) electrons. The minimum Gasteiger partial charge on any atom is -0.322 e. The van der Waals surface area contributed by atoms with Crippen LogP contribution in [-0.4, -0.2) is 32.7 Å². The highest BCUT2D eigenvalue weighted by molar-refractivity contribution is 7.99. The van der Waals surface area contributed by atoms with E-state index in [-0.39, 0.29) is 23.1 Å². The zero-order chi connectivity index (χ0) is 24.7. The maximum atomic E-state index is 13.5. The summed E-state index contributed by atoms with van der Waals surface area (Å²) in [5, 5.41) is 3.80. The molecule has 0 unspecified atom stereocenters. The Hall–Kier alpha value is -3.91. The van der Waals surface area contributed by atoms with E-state index in [9.17, 15) is 14.4 Å². The monoisotopic (exact) mass is 484 g/mol. The highest BCUT2D eigenvalue weighted by atomic mass is 32.2. The minimum absolute atomic E-state index is 0.00167. The maximum absolute atomic E-state index is 13.5. The first kappa shape index (κ1) is 22.9. The molecule has 0 bridgehead atoms. The van der Waals surface area contributed by atoms with Crippen LogP contribution >= 0.6 is 11.8 Å². The van der Waals surface area contributed by atoms with Gasteiger partial charge in [-0.1, -0.05) is 53.7 Å². The van der Waals surface area contributed by atoms with E-state index in [4.69, 9.17) is 4.98 Å². The van der Waals surface area contributed by atoms with Gasteiger partial charge in [-0.3, -0.25) is 23.9 Å². The van der Waals surface area contributed by atoms with Crippen molar-refractivity contribution in [2.45, 2.75) is 31.5 Å². The number of carbonyl (C=O) groups is 2. The largest absolute Gasteiger partial charge is 0.322 e. The van der Waals surface area contributed by atoms with Gasteiger partial charge in [0.05, 0.1) is 33.7 Å². The van der Waals surface area contributed by atoms with Gasteiger partial charge in [0.25, 0.3) is 5.56 Å². The van der Waals surface area contributed by atoms with Gasteiger partial charge >= 0.3 is 0 Å². The van der Waals surface area contributed by atoms with E-state index in [1.54, 1.807) is 36.6 Å². The van der Waals surface area contributed by atoms with Crippen molar-refractivity contribution in [1.29, 1.82) is 0 Å². The minimum atomic E-state index is -1.07. The Balaban J connectivity index is 1.55. The number of thioether (sulfide) groups is 1. The average Bonchev–Trinajstić information content (AvgIpc) is 2.84. The van der Waals surface area contributed by atoms with Crippen LogP contribution in [-0.2, 0) is 9.59 Å². The van der Waals surface area contributed by atoms with Crippen LogP contribution in [0.4, 0.5) is 11.4 Å². The molecule has 8 heteroatoms. The lowest BCUT2D eigenvalue weighted by Gasteiger charge is -2.42. The van der Waals surface area contributed by atoms with E-state index < -0.39 is 5.54 Å². The highest BCUT2D eigenvalue weighted by Crippen LogP contribution is 2.37. The number of fused-ring (bicyclic) bond motifs is 2. The Morgan fingerprint density at radius 2 is 1.66 bits per heavy atom. The van der Waals surface area contributed by atoms with E-state index in [0.29, 0.717) is 33.1 Å². The number of carbonyl (C=O) groups excluding carboxylic acids is 2. The molecule has 1 aliphatic rings. The number of anilines is 2. The third-order valence-electron chi connectivity index (χ3n) is 6.12. The molecule has 4 aromatic rings. The Labute approximate surface area is 206 Å². The molecule has 1 N–H and O–H groups in total. The first-order valence-corrected chi connectivity index (χ1v) is 12.2. The van der Waals surface area contributed by atoms with E-state index in [1.807, 2.05) is 61.5 Å². The highest BCUT2D eigenvalue weighted by Gasteiger charge is 2.43. The van der Waals surface area contributed by atoms with Crippen molar-refractivity contribution in [2.75, 3.05) is 16.0 Å². The van der Waals surface area contributed by atoms with Gasteiger partial charge in [-0.05, 0) is 57.2 Å². The van der Waals surface area contributed by atoms with Crippen molar-refractivity contribution in [3.05, 3.63) is 88.7 Å². The Morgan fingerprint density at radius 1 is 0.971 bits per heavy atom. The van der Waals surface area contributed by atoms with Gasteiger partial charge in [-0.2, -0.15) is 0 Å². The summed E-state index contributed by atoms with van der Waals surface area (Å²) in [5.41, 5.74) is 2.29. The topological polar surface area (TPSA) is 84.3 Å². The smallest absolute Gasteiger partial charge is 0.266 e. The van der Waals surface area contributed by atoms with Crippen molar-refractivity contribution in [3.8, 4) is 5.69 Å². The second-order valence-corrected chi connectivity index (χ2v) is 9.88. The number of aryl methyl sites for hydroxylation is 1. The van der Waals surface area contributed by atoms with Crippen molar-refractivity contribution < 1.29 is 9.59 Å². The molecule has 7 nitrogen and oxygen atoms in total. The summed E-state index contributed by atoms with van der Waals surface area (Å²) in [6.45, 7) is 5.42. The number of amides is 2. The zero-order valence-electron chi connectivity index (χ0n) is 19.6. The molecule has 176 valence electrons. The summed E-state index contributed by atoms with van der Waals surface area (Å²) in [6, 6.07) is 22.0. The molecular formula is C27H24N4O3S. The lowest BCUT2D eigenvalue weighted by Crippen LogP contribution is -2.59. The number of hydrogen-bond acceptors (Lipinski definition) is 5. The maximum Gasteiger partial charge on any atom is 0.266 e. The van der Waals surface area contributed by atoms with Crippen LogP contribution in [0.25, 0.3) is 16.6 Å². The summed E-state index contributed by atoms with van der Waals surface area (Å²) in [5.74, 6) is -0.503. The predicted molar refractivity (Wildman–Crippen MR) is 139 cm³/mol. The third-order valence-corrected chi connectivity index (χ3v) is 7.04. The second kappa shape index (κ2) is 8.70. The van der Waals surface area contributed by atoms with Crippen LogP contribution in [0, 0.1) is 6.92 Å². The van der Waals surface area contributed by atoms with Gasteiger partial charge in [0.1, 0.15) is 5.54 Å². The molecule has 3 aromatic carbocycles. The molecule has 2 heterocycles. The van der Waals surface area contributed by atoms with Crippen molar-refractivity contribution in [2.24, 2.45) is 0 Å². The molecule has 35 heavy (non-hydrogen) atoms. The predicted octanol–water partition coefficient (Wildman–Crippen LogP) is 4.55. The van der Waals surface area contributed by atoms with Crippen LogP contribution in [0.1, 0.15) is 19.4 Å². The Kier molecular flexibility index (Phi) is 5.68. The Morgan fingerprint density at radius 3 is 2.43 bits per heavy atom. The van der Waals surface area contributed by atoms with Crippen LogP contribution in [0.5, 0.6) is 0 Å². The normalized spacial score (nSPS) is 14.5. The summed E-state index contributed by atoms with van der Waals surface area (Å²) in [7, 11) is 0. The number of benzene rings is 3. The van der Waals surface area contributed by atoms with Crippen molar-refractivity contribution >= 4 is 45.9 Å². The molecule has 5 rings (SSSR count). The fraction of sp³-hybridized carbons (Fsp3) is 0.185. The first-order chi connectivity index (χ1) is 16.8. The summed E-state index contributed by atoms with van der Waals surface area (Å²) >= 11 is 1.18. The van der Waals surface area contributed by atoms with Crippen molar-refractivity contribution in [1.82, 2.24) is 9.55 Å². The molecule has 0 aliphatic carbocycles. The molecular weight excluding hydrogens is 460 g/mol. The van der Waals surface area contributed by atoms with Gasteiger partial charge in [0.2, 0.25) is 11.8 Å². The lowest BCUT2D eigenvalue weighted by atomic mass is 9.96. The quantitative estimate of drug-likeness (QED) is 0.339. The van der Waals surface area contributed by atoms with Crippen LogP contribution in [0.2, 0.25) is 0 Å². The van der Waals surface area contributed by atoms with Crippen molar-refractivity contribution in [3.63, 3.8) is 0 Å². The van der Waals surface area contributed by atoms with E-state index in [1.165, 1.54) is 16.7 Å². The molecule has 0 spiro atoms. The van der Waals surface area contributed by atoms with E-state index >= 15 is 0 Å². The fourth-order valence-corrected chi connectivity index (χ4v) is 5.08. The number of para-hydroxylation sites is 3. The molecule has 1 aromatic heterocycles. The molecule has 0 saturated carbocycles. The standard InChI is InChI=1S/C27H24N4O3S/c1-17-12-14-18(15-13-17)30-24(33)19-8-4-5-9-20(19)29-26(30)35-16-23(32)31-22-11-7-6-10-21(22)28-25(34)27(31,2)3/h4-15H,16H2,1-3H3,(H,28,34). The van der Waals surface area contributed by atoms with E-state index in [2.05, 4.69) is 5.32 Å². The average molecular weight is 485 g/mol. The molecule has 1 aliphatic heterocycles. The summed E-state index contributed by atoms with van der Waals surface area (Å²) in [4.78, 5) is 46.0. The summed E-state index contributed by atoms with van der Waals surface area (Å²) < 4.78 is 1.54. The van der Waals surface area contributed by atoms with Gasteiger partial charge < -0.3 is 5.32 Å². The van der Waals surface area contributed by atoms with Crippen LogP contribution < -0.4 is 15.8 Å². The molecule has 0 atom stereocenters. The third kappa shape index (κ3) is 4.00. The van der Waals surface area contributed by atoms with Gasteiger partial charge in [-0.25, -0.2) is 4.98 Å². The van der Waals surface area contributed by atoms with Crippen LogP contribution in [0.3, 0.4) is 0 Å². The van der Waals surface area contributed by atoms with Gasteiger partial charge in [0.15, 0.2) is 5.16 Å². The zero-order valence-corrected chi connectivity index (χ0v) is 20.4. The first-order valence-electron chi connectivity index (χ1n) is 11.2. The number of nitrogens with one attached hydrogen (secondary N) is 1. The second-order valence-electron chi connectivity index (χ2n) is 8.94. The number of nitrogens with zero attached hydrogens (tertiary/aromatic N) is 3. The summed E-state index contributed by atoms with van der Waals surface area (Å²) in [6.07, 6.45) is 0. The Bertz CT molecular complexity index is 1530. The number of aromatic nitrogens is 2. The molecule has 0 fully saturated rings. The van der Waals surface area contributed by atoms with E-state index in [0.717, 1.165) is 5.56 Å². The van der Waals surface area contributed by atoms with Gasteiger partial charge in [0, 0.05) is 0 Å². The SMILES string of the molecule is Cc1ccc(-n2c(SCC(=O)N3c4ccccc4NC(=O)C3(C)C)nc3ccccc3c2=O)cc1. The number of hydrogen-bond donors (Lipinski definition) is 1. The molecule has 0 saturated heterocycles. The van der Waals surface area contributed by atoms with Crippen LogP contribution in [0.15, 0.2) is 82.7 Å². The fourth-order valence-electron chi connectivity index (χ4n) is 4.22. The lowest BCUT2D eigenvalue weighted by molar-refractivity contribution is -0.125. The molecule has 2 amide bonds. The number of rotatable bonds is 4. The van der Waals surface area contributed by atoms with Gasteiger partial charge in [-0.15, -0.1) is 0 Å².